The van der Waals surface area contributed by atoms with E-state index in [1.54, 1.807) is 0 Å². The molecule has 2 aliphatic rings. The van der Waals surface area contributed by atoms with Crippen molar-refractivity contribution in [3.8, 4) is 11.4 Å². The Labute approximate surface area is 215 Å². The van der Waals surface area contributed by atoms with Gasteiger partial charge in [0.05, 0.1) is 37.5 Å². The van der Waals surface area contributed by atoms with Crippen LogP contribution in [-0.4, -0.2) is 95.5 Å². The molecule has 3 N–H and O–H groups in total. The second-order valence-corrected chi connectivity index (χ2v) is 9.07. The van der Waals surface area contributed by atoms with E-state index in [0.717, 1.165) is 80.6 Å². The van der Waals surface area contributed by atoms with Gasteiger partial charge in [-0.1, -0.05) is 12.1 Å². The first kappa shape index (κ1) is 23.6. The number of benzene rings is 2. The molecule has 4 heterocycles. The van der Waals surface area contributed by atoms with E-state index in [4.69, 9.17) is 24.4 Å². The van der Waals surface area contributed by atoms with Gasteiger partial charge in [0.25, 0.3) is 0 Å². The van der Waals surface area contributed by atoms with Crippen LogP contribution in [0.2, 0.25) is 0 Å². The van der Waals surface area contributed by atoms with Gasteiger partial charge < -0.3 is 30.0 Å². The first-order valence-electron chi connectivity index (χ1n) is 12.8. The molecule has 11 heteroatoms. The summed E-state index contributed by atoms with van der Waals surface area (Å²) in [5.41, 5.74) is 3.87. The van der Waals surface area contributed by atoms with Crippen molar-refractivity contribution in [1.29, 1.82) is 0 Å². The fraction of sp³-hybridized carbons (Fsp3) is 0.385. The third-order valence-corrected chi connectivity index (χ3v) is 6.54. The molecule has 37 heavy (non-hydrogen) atoms. The van der Waals surface area contributed by atoms with Crippen LogP contribution in [0.1, 0.15) is 0 Å². The van der Waals surface area contributed by atoms with Gasteiger partial charge in [-0.05, 0) is 36.4 Å². The van der Waals surface area contributed by atoms with Crippen molar-refractivity contribution < 1.29 is 9.47 Å². The van der Waals surface area contributed by atoms with Crippen LogP contribution in [0.5, 0.6) is 0 Å². The zero-order valence-electron chi connectivity index (χ0n) is 20.7. The molecule has 0 bridgehead atoms. The molecule has 2 aromatic heterocycles. The molecule has 0 saturated carbocycles. The number of hydrogen-bond acceptors (Lipinski definition) is 10. The number of aromatic nitrogens is 5. The van der Waals surface area contributed by atoms with Crippen LogP contribution in [0.3, 0.4) is 0 Å². The molecular formula is C26H31N9O2. The largest absolute Gasteiger partial charge is 0.379 e. The highest BCUT2D eigenvalue weighted by atomic mass is 16.5. The first-order valence-corrected chi connectivity index (χ1v) is 12.8. The van der Waals surface area contributed by atoms with Crippen molar-refractivity contribution >= 4 is 34.6 Å². The van der Waals surface area contributed by atoms with Gasteiger partial charge in [0.15, 0.2) is 0 Å². The average Bonchev–Trinajstić information content (AvgIpc) is 3.39. The summed E-state index contributed by atoms with van der Waals surface area (Å²) < 4.78 is 11.0. The van der Waals surface area contributed by atoms with Gasteiger partial charge in [0.2, 0.25) is 17.8 Å². The normalized spacial score (nSPS) is 16.7. The first-order chi connectivity index (χ1) is 18.3. The number of morpholine rings is 2. The molecule has 192 valence electrons. The topological polar surface area (TPSA) is 116 Å². The molecule has 0 atom stereocenters. The van der Waals surface area contributed by atoms with Gasteiger partial charge in [-0.15, -0.1) is 0 Å². The Balaban J connectivity index is 1.17. The molecule has 0 spiro atoms. The summed E-state index contributed by atoms with van der Waals surface area (Å²) in [4.78, 5) is 26.6. The lowest BCUT2D eigenvalue weighted by Gasteiger charge is -2.27. The zero-order chi connectivity index (χ0) is 24.9. The van der Waals surface area contributed by atoms with Crippen LogP contribution in [0, 0.1) is 0 Å². The maximum Gasteiger partial charge on any atom is 0.233 e. The van der Waals surface area contributed by atoms with Gasteiger partial charge in [-0.3, -0.25) is 4.90 Å². The molecule has 2 fully saturated rings. The lowest BCUT2D eigenvalue weighted by atomic mass is 10.2. The number of aromatic amines is 1. The molecule has 2 aromatic carbocycles. The molecule has 0 amide bonds. The second-order valence-electron chi connectivity index (χ2n) is 9.07. The Morgan fingerprint density at radius 1 is 0.784 bits per heavy atom. The third kappa shape index (κ3) is 5.79. The lowest BCUT2D eigenvalue weighted by Crippen LogP contribution is -2.39. The Bertz CT molecular complexity index is 1280. The Morgan fingerprint density at radius 3 is 2.30 bits per heavy atom. The summed E-state index contributed by atoms with van der Waals surface area (Å²) >= 11 is 0. The number of hydrogen-bond donors (Lipinski definition) is 3. The summed E-state index contributed by atoms with van der Waals surface area (Å²) in [6.07, 6.45) is 0. The van der Waals surface area contributed by atoms with Crippen molar-refractivity contribution in [2.24, 2.45) is 0 Å². The molecule has 0 aliphatic carbocycles. The average molecular weight is 502 g/mol. The molecule has 6 rings (SSSR count). The third-order valence-electron chi connectivity index (χ3n) is 6.54. The van der Waals surface area contributed by atoms with E-state index in [2.05, 4.69) is 30.4 Å². The molecule has 0 radical (unpaired) electrons. The standard InChI is InChI=1S/C26H31N9O2/c1-2-4-22-21(3-1)29-23(30-22)19-5-7-20(8-6-19)28-25-31-24(27-9-10-34-11-15-36-16-12-34)32-26(33-25)35-13-17-37-18-14-35/h1-8H,9-18H2,(H,29,30)(H2,27,28,31,32,33). The monoisotopic (exact) mass is 501 g/mol. The summed E-state index contributed by atoms with van der Waals surface area (Å²) in [5.74, 6) is 2.55. The second kappa shape index (κ2) is 11.1. The Hall–Kier alpha value is -3.80. The molecule has 11 nitrogen and oxygen atoms in total. The van der Waals surface area contributed by atoms with Gasteiger partial charge in [-0.2, -0.15) is 15.0 Å². The number of para-hydroxylation sites is 2. The zero-order valence-corrected chi connectivity index (χ0v) is 20.7. The number of imidazole rings is 1. The summed E-state index contributed by atoms with van der Waals surface area (Å²) in [7, 11) is 0. The Morgan fingerprint density at radius 2 is 1.51 bits per heavy atom. The number of H-pyrrole nitrogens is 1. The number of rotatable bonds is 8. The van der Waals surface area contributed by atoms with E-state index in [0.29, 0.717) is 31.1 Å². The predicted molar refractivity (Wildman–Crippen MR) is 143 cm³/mol. The van der Waals surface area contributed by atoms with Crippen molar-refractivity contribution in [2.45, 2.75) is 0 Å². The van der Waals surface area contributed by atoms with Crippen LogP contribution in [0.25, 0.3) is 22.4 Å². The Kier molecular flexibility index (Phi) is 7.06. The summed E-state index contributed by atoms with van der Waals surface area (Å²) in [5, 5.41) is 6.74. The van der Waals surface area contributed by atoms with E-state index < -0.39 is 0 Å². The van der Waals surface area contributed by atoms with E-state index in [1.807, 2.05) is 48.5 Å². The van der Waals surface area contributed by atoms with Crippen LogP contribution < -0.4 is 15.5 Å². The van der Waals surface area contributed by atoms with Crippen molar-refractivity contribution in [3.63, 3.8) is 0 Å². The fourth-order valence-corrected chi connectivity index (χ4v) is 4.49. The number of fused-ring (bicyclic) bond motifs is 1. The van der Waals surface area contributed by atoms with Crippen LogP contribution >= 0.6 is 0 Å². The minimum atomic E-state index is 0.502. The van der Waals surface area contributed by atoms with Gasteiger partial charge in [0, 0.05) is 50.5 Å². The molecule has 4 aromatic rings. The quantitative estimate of drug-likeness (QED) is 0.333. The number of nitrogens with one attached hydrogen (secondary N) is 3. The summed E-state index contributed by atoms with van der Waals surface area (Å²) in [6.45, 7) is 7.97. The van der Waals surface area contributed by atoms with Gasteiger partial charge in [0.1, 0.15) is 5.82 Å². The van der Waals surface area contributed by atoms with E-state index in [1.165, 1.54) is 0 Å². The van der Waals surface area contributed by atoms with E-state index in [9.17, 15) is 0 Å². The number of anilines is 4. The maximum atomic E-state index is 5.51. The molecule has 2 aliphatic heterocycles. The minimum absolute atomic E-state index is 0.502. The van der Waals surface area contributed by atoms with Crippen LogP contribution in [0.4, 0.5) is 23.5 Å². The molecule has 0 unspecified atom stereocenters. The SMILES string of the molecule is c1ccc2[nH]c(-c3ccc(Nc4nc(NCCN5CCOCC5)nc(N5CCOCC5)n4)cc3)nc2c1. The highest BCUT2D eigenvalue weighted by Crippen LogP contribution is 2.24. The highest BCUT2D eigenvalue weighted by molar-refractivity contribution is 5.79. The van der Waals surface area contributed by atoms with Crippen molar-refractivity contribution in [2.75, 3.05) is 81.2 Å². The molecule has 2 saturated heterocycles. The number of ether oxygens (including phenoxy) is 2. The van der Waals surface area contributed by atoms with Crippen LogP contribution in [0.15, 0.2) is 48.5 Å². The summed E-state index contributed by atoms with van der Waals surface area (Å²) in [6, 6.07) is 16.1. The van der Waals surface area contributed by atoms with Gasteiger partial charge in [-0.25, -0.2) is 4.98 Å². The number of nitrogens with zero attached hydrogens (tertiary/aromatic N) is 6. The van der Waals surface area contributed by atoms with Gasteiger partial charge >= 0.3 is 0 Å². The minimum Gasteiger partial charge on any atom is -0.379 e. The smallest absolute Gasteiger partial charge is 0.233 e. The van der Waals surface area contributed by atoms with Crippen molar-refractivity contribution in [3.05, 3.63) is 48.5 Å². The lowest BCUT2D eigenvalue weighted by molar-refractivity contribution is 0.0398. The maximum absolute atomic E-state index is 5.51. The van der Waals surface area contributed by atoms with Crippen molar-refractivity contribution in [1.82, 2.24) is 29.8 Å². The highest BCUT2D eigenvalue weighted by Gasteiger charge is 2.17. The van der Waals surface area contributed by atoms with E-state index >= 15 is 0 Å². The molecular weight excluding hydrogens is 470 g/mol. The van der Waals surface area contributed by atoms with Crippen LogP contribution in [-0.2, 0) is 9.47 Å². The van der Waals surface area contributed by atoms with E-state index in [-0.39, 0.29) is 0 Å². The predicted octanol–water partition coefficient (Wildman–Crippen LogP) is 2.74. The fourth-order valence-electron chi connectivity index (χ4n) is 4.49.